The van der Waals surface area contributed by atoms with Crippen LogP contribution >= 0.6 is 11.8 Å². The smallest absolute Gasteiger partial charge is 0.213 e. The zero-order chi connectivity index (χ0) is 15.4. The number of thioether (sulfide) groups is 1. The van der Waals surface area contributed by atoms with Crippen molar-refractivity contribution >= 4 is 29.7 Å². The van der Waals surface area contributed by atoms with Gasteiger partial charge in [-0.3, -0.25) is 5.10 Å². The highest BCUT2D eigenvalue weighted by Gasteiger charge is 2.10. The molecule has 0 aromatic carbocycles. The lowest BCUT2D eigenvalue weighted by Crippen LogP contribution is -2.23. The number of H-pyrrole nitrogens is 1. The molecule has 0 bridgehead atoms. The van der Waals surface area contributed by atoms with E-state index in [2.05, 4.69) is 15.2 Å². The number of carboxylic acid groups (broad SMARTS) is 1. The highest BCUT2D eigenvalue weighted by Crippen LogP contribution is 2.26. The lowest BCUT2D eigenvalue weighted by atomic mass is 10.4. The van der Waals surface area contributed by atoms with E-state index in [1.165, 1.54) is 6.08 Å². The van der Waals surface area contributed by atoms with Gasteiger partial charge in [0.1, 0.15) is 11.6 Å². The number of carbonyl (C=O) groups excluding carboxylic acids is 1. The predicted octanol–water partition coefficient (Wildman–Crippen LogP) is 0.909. The number of aliphatic carboxylic acids is 1. The van der Waals surface area contributed by atoms with Crippen molar-refractivity contribution in [2.24, 2.45) is 0 Å². The Kier molecular flexibility index (Phi) is 4.69. The van der Waals surface area contributed by atoms with Gasteiger partial charge in [0.25, 0.3) is 0 Å². The summed E-state index contributed by atoms with van der Waals surface area (Å²) in [5.41, 5.74) is 0. The number of rotatable bonds is 6. The highest BCUT2D eigenvalue weighted by atomic mass is 32.2. The Bertz CT molecular complexity index is 660. The molecule has 0 aliphatic heterocycles. The van der Waals surface area contributed by atoms with Gasteiger partial charge >= 0.3 is 0 Å². The number of nitrogens with zero attached hydrogens (tertiary/aromatic N) is 3. The van der Waals surface area contributed by atoms with Crippen LogP contribution in [0.15, 0.2) is 26.6 Å². The van der Waals surface area contributed by atoms with Crippen LogP contribution in [-0.2, 0) is 11.2 Å². The molecule has 0 saturated carbocycles. The number of anilines is 1. The van der Waals surface area contributed by atoms with E-state index < -0.39 is 5.97 Å². The van der Waals surface area contributed by atoms with E-state index in [4.69, 9.17) is 4.42 Å². The van der Waals surface area contributed by atoms with Gasteiger partial charge in [-0.1, -0.05) is 6.92 Å². The summed E-state index contributed by atoms with van der Waals surface area (Å²) < 4.78 is 5.49. The van der Waals surface area contributed by atoms with Crippen molar-refractivity contribution < 1.29 is 14.3 Å². The molecule has 7 nitrogen and oxygen atoms in total. The van der Waals surface area contributed by atoms with E-state index in [1.54, 1.807) is 17.0 Å². The van der Waals surface area contributed by atoms with Gasteiger partial charge in [-0.2, -0.15) is 0 Å². The van der Waals surface area contributed by atoms with Crippen molar-refractivity contribution in [2.45, 2.75) is 18.5 Å². The molecule has 0 spiro atoms. The molecule has 0 saturated heterocycles. The predicted molar refractivity (Wildman–Crippen MR) is 77.6 cm³/mol. The monoisotopic (exact) mass is 307 g/mol. The van der Waals surface area contributed by atoms with E-state index in [0.29, 0.717) is 29.0 Å². The second-order valence-electron chi connectivity index (χ2n) is 4.39. The normalized spacial score (nSPS) is 11.7. The Morgan fingerprint density at radius 1 is 1.52 bits per heavy atom. The van der Waals surface area contributed by atoms with Crippen molar-refractivity contribution in [3.05, 3.63) is 28.6 Å². The second kappa shape index (κ2) is 6.49. The van der Waals surface area contributed by atoms with Gasteiger partial charge in [-0.05, 0) is 23.9 Å². The van der Waals surface area contributed by atoms with Crippen LogP contribution < -0.4 is 10.0 Å². The molecule has 2 heterocycles. The lowest BCUT2D eigenvalue weighted by molar-refractivity contribution is -0.298. The fraction of sp³-hybridized carbons (Fsp3) is 0.308. The summed E-state index contributed by atoms with van der Waals surface area (Å²) >= 11 is 0.918. The first kappa shape index (κ1) is 15.2. The van der Waals surface area contributed by atoms with Crippen LogP contribution in [0, 0.1) is 0 Å². The fourth-order valence-corrected chi connectivity index (χ4v) is 2.20. The largest absolute Gasteiger partial charge is 0.544 e. The number of nitrogens with one attached hydrogen (secondary N) is 1. The number of carbonyl (C=O) groups is 1. The average molecular weight is 307 g/mol. The second-order valence-corrected chi connectivity index (χ2v) is 5.40. The Morgan fingerprint density at radius 2 is 2.29 bits per heavy atom. The zero-order valence-electron chi connectivity index (χ0n) is 11.9. The van der Waals surface area contributed by atoms with Crippen LogP contribution in [0.5, 0.6) is 0 Å². The minimum atomic E-state index is -1.30. The van der Waals surface area contributed by atoms with E-state index >= 15 is 0 Å². The molecular formula is C13H15N4O3S-. The van der Waals surface area contributed by atoms with E-state index in [0.717, 1.165) is 11.8 Å². The summed E-state index contributed by atoms with van der Waals surface area (Å²) in [6.45, 7) is 1.93. The first-order chi connectivity index (χ1) is 9.99. The molecule has 0 unspecified atom stereocenters. The number of aromatic nitrogens is 3. The molecule has 0 radical (unpaired) electrons. The van der Waals surface area contributed by atoms with Crippen molar-refractivity contribution in [2.75, 3.05) is 19.0 Å². The van der Waals surface area contributed by atoms with Crippen LogP contribution in [-0.4, -0.2) is 35.2 Å². The standard InChI is InChI=1S/C13H16N4O3S/c1-4-10-14-13(16-15-10)21-9(12(18)19)7-8-5-6-11(20-8)17(2)3/h5-7H,4H2,1-3H3,(H,18,19)(H,14,15,16)/p-1/b9-7+. The number of hydrogen-bond donors (Lipinski definition) is 1. The van der Waals surface area contributed by atoms with Crippen LogP contribution in [0.4, 0.5) is 5.88 Å². The molecule has 112 valence electrons. The third-order valence-electron chi connectivity index (χ3n) is 2.58. The molecule has 0 aliphatic rings. The molecule has 8 heteroatoms. The minimum Gasteiger partial charge on any atom is -0.544 e. The maximum atomic E-state index is 11.2. The average Bonchev–Trinajstić information content (AvgIpc) is 3.06. The summed E-state index contributed by atoms with van der Waals surface area (Å²) in [6, 6.07) is 3.44. The maximum absolute atomic E-state index is 11.2. The van der Waals surface area contributed by atoms with E-state index in [-0.39, 0.29) is 4.91 Å². The van der Waals surface area contributed by atoms with Gasteiger partial charge in [-0.25, -0.2) is 4.98 Å². The minimum absolute atomic E-state index is 0.0173. The van der Waals surface area contributed by atoms with Crippen LogP contribution in [0.3, 0.4) is 0 Å². The third kappa shape index (κ3) is 3.88. The van der Waals surface area contributed by atoms with E-state index in [1.807, 2.05) is 21.0 Å². The molecule has 0 atom stereocenters. The number of hydrogen-bond acceptors (Lipinski definition) is 7. The fourth-order valence-electron chi connectivity index (χ4n) is 1.50. The van der Waals surface area contributed by atoms with Gasteiger partial charge in [0.2, 0.25) is 5.16 Å². The molecule has 21 heavy (non-hydrogen) atoms. The summed E-state index contributed by atoms with van der Waals surface area (Å²) in [6.07, 6.45) is 2.09. The topological polar surface area (TPSA) is 98.1 Å². The number of furan rings is 1. The SMILES string of the molecule is CCc1nc(S/C(=C/c2ccc(N(C)C)o2)C(=O)[O-])n[nH]1. The summed E-state index contributed by atoms with van der Waals surface area (Å²) in [7, 11) is 3.67. The van der Waals surface area contributed by atoms with Crippen molar-refractivity contribution in [1.29, 1.82) is 0 Å². The van der Waals surface area contributed by atoms with Gasteiger partial charge < -0.3 is 19.2 Å². The molecule has 2 aromatic rings. The highest BCUT2D eigenvalue weighted by molar-refractivity contribution is 8.04. The van der Waals surface area contributed by atoms with Crippen molar-refractivity contribution in [3.8, 4) is 0 Å². The summed E-state index contributed by atoms with van der Waals surface area (Å²) in [5.74, 6) is 0.459. The number of aromatic amines is 1. The van der Waals surface area contributed by atoms with E-state index in [9.17, 15) is 9.90 Å². The molecule has 0 aliphatic carbocycles. The van der Waals surface area contributed by atoms with Crippen LogP contribution in [0.25, 0.3) is 6.08 Å². The number of aryl methyl sites for hydroxylation is 1. The lowest BCUT2D eigenvalue weighted by Gasteiger charge is -2.07. The van der Waals surface area contributed by atoms with Gasteiger partial charge in [0, 0.05) is 31.5 Å². The Hall–Kier alpha value is -2.22. The zero-order valence-corrected chi connectivity index (χ0v) is 12.7. The molecule has 1 N–H and O–H groups in total. The Labute approximate surface area is 126 Å². The summed E-state index contributed by atoms with van der Waals surface area (Å²) in [4.78, 5) is 17.1. The summed E-state index contributed by atoms with van der Waals surface area (Å²) in [5, 5.41) is 18.2. The van der Waals surface area contributed by atoms with Gasteiger partial charge in [0.05, 0.1) is 5.97 Å². The molecule has 0 amide bonds. The van der Waals surface area contributed by atoms with Crippen molar-refractivity contribution in [1.82, 2.24) is 15.2 Å². The quantitative estimate of drug-likeness (QED) is 0.625. The Balaban J connectivity index is 2.21. The van der Waals surface area contributed by atoms with Crippen molar-refractivity contribution in [3.63, 3.8) is 0 Å². The van der Waals surface area contributed by atoms with Crippen LogP contribution in [0.1, 0.15) is 18.5 Å². The first-order valence-electron chi connectivity index (χ1n) is 6.29. The molecule has 2 aromatic heterocycles. The third-order valence-corrected chi connectivity index (χ3v) is 3.44. The first-order valence-corrected chi connectivity index (χ1v) is 7.10. The number of carboxylic acids is 1. The maximum Gasteiger partial charge on any atom is 0.213 e. The van der Waals surface area contributed by atoms with Gasteiger partial charge in [0.15, 0.2) is 5.88 Å². The Morgan fingerprint density at radius 3 is 2.81 bits per heavy atom. The molecular weight excluding hydrogens is 292 g/mol. The molecule has 0 fully saturated rings. The molecule has 2 rings (SSSR count). The van der Waals surface area contributed by atoms with Gasteiger partial charge in [-0.15, -0.1) is 5.10 Å². The van der Waals surface area contributed by atoms with Crippen LogP contribution in [0.2, 0.25) is 0 Å².